The van der Waals surface area contributed by atoms with Crippen LogP contribution in [0.15, 0.2) is 5.16 Å². The third-order valence-corrected chi connectivity index (χ3v) is 2.66. The first kappa shape index (κ1) is 13.0. The fourth-order valence-electron chi connectivity index (χ4n) is 1.93. The zero-order valence-electron chi connectivity index (χ0n) is 10.1. The Bertz CT molecular complexity index is 291. The summed E-state index contributed by atoms with van der Waals surface area (Å²) in [6.45, 7) is 6.18. The molecule has 4 heteroatoms. The van der Waals surface area contributed by atoms with E-state index in [-0.39, 0.29) is 6.61 Å². The molecule has 1 saturated heterocycles. The van der Waals surface area contributed by atoms with Gasteiger partial charge in [0.05, 0.1) is 6.61 Å². The maximum Gasteiger partial charge on any atom is 0.132 e. The number of likely N-dealkylation sites (tertiary alicyclic amines) is 1. The van der Waals surface area contributed by atoms with Gasteiger partial charge in [-0.3, -0.25) is 4.90 Å². The molecule has 0 aromatic heterocycles. The van der Waals surface area contributed by atoms with Crippen LogP contribution in [0.1, 0.15) is 26.7 Å². The number of nitrogens with zero attached hydrogens (tertiary/aromatic N) is 2. The minimum Gasteiger partial charge on any atom is -0.395 e. The molecule has 0 aliphatic carbocycles. The van der Waals surface area contributed by atoms with Gasteiger partial charge in [-0.25, -0.2) is 0 Å². The van der Waals surface area contributed by atoms with Crippen molar-refractivity contribution < 1.29 is 9.94 Å². The highest BCUT2D eigenvalue weighted by Gasteiger charge is 2.24. The van der Waals surface area contributed by atoms with Gasteiger partial charge in [-0.05, 0) is 39.2 Å². The average molecular weight is 224 g/mol. The van der Waals surface area contributed by atoms with Crippen molar-refractivity contribution in [3.8, 4) is 11.8 Å². The molecule has 0 saturated carbocycles. The van der Waals surface area contributed by atoms with E-state index in [1.165, 1.54) is 6.42 Å². The van der Waals surface area contributed by atoms with Gasteiger partial charge in [-0.2, -0.15) is 0 Å². The maximum absolute atomic E-state index is 8.90. The number of hydrogen-bond donors (Lipinski definition) is 1. The van der Waals surface area contributed by atoms with E-state index < -0.39 is 0 Å². The summed E-state index contributed by atoms with van der Waals surface area (Å²) >= 11 is 0. The van der Waals surface area contributed by atoms with Crippen molar-refractivity contribution in [1.82, 2.24) is 4.90 Å². The van der Waals surface area contributed by atoms with Crippen LogP contribution in [0.5, 0.6) is 0 Å². The predicted molar refractivity (Wildman–Crippen MR) is 64.2 cm³/mol. The summed E-state index contributed by atoms with van der Waals surface area (Å²) in [4.78, 5) is 7.52. The predicted octanol–water partition coefficient (Wildman–Crippen LogP) is 0.859. The van der Waals surface area contributed by atoms with Crippen LogP contribution in [0.2, 0.25) is 0 Å². The van der Waals surface area contributed by atoms with Crippen LogP contribution < -0.4 is 0 Å². The first-order chi connectivity index (χ1) is 7.77. The Morgan fingerprint density at radius 3 is 3.12 bits per heavy atom. The van der Waals surface area contributed by atoms with Gasteiger partial charge in [0, 0.05) is 12.6 Å². The molecule has 0 spiro atoms. The first-order valence-corrected chi connectivity index (χ1v) is 5.72. The smallest absolute Gasteiger partial charge is 0.132 e. The molecule has 0 bridgehead atoms. The fourth-order valence-corrected chi connectivity index (χ4v) is 1.93. The lowest BCUT2D eigenvalue weighted by Crippen LogP contribution is -2.34. The quantitative estimate of drug-likeness (QED) is 0.428. The van der Waals surface area contributed by atoms with Gasteiger partial charge in [0.1, 0.15) is 12.3 Å². The van der Waals surface area contributed by atoms with Gasteiger partial charge >= 0.3 is 0 Å². The monoisotopic (exact) mass is 224 g/mol. The lowest BCUT2D eigenvalue weighted by atomic mass is 10.2. The standard InChI is InChI=1S/C12H20N2O2/c1-3-5-11(2)13-16-10-12-6-4-7-14(12)8-9-15/h12,15H,4,6-10H2,1-2H3/b13-11-/t12-/m0/s1. The average Bonchev–Trinajstić information content (AvgIpc) is 2.67. The van der Waals surface area contributed by atoms with Gasteiger partial charge in [0.25, 0.3) is 0 Å². The summed E-state index contributed by atoms with van der Waals surface area (Å²) in [6.07, 6.45) is 2.29. The summed E-state index contributed by atoms with van der Waals surface area (Å²) < 4.78 is 0. The molecular weight excluding hydrogens is 204 g/mol. The molecule has 1 aliphatic rings. The summed E-state index contributed by atoms with van der Waals surface area (Å²) in [5.41, 5.74) is 0.703. The molecule has 0 amide bonds. The van der Waals surface area contributed by atoms with Crippen LogP contribution in [-0.4, -0.2) is 48.1 Å². The summed E-state index contributed by atoms with van der Waals surface area (Å²) in [5.74, 6) is 5.60. The van der Waals surface area contributed by atoms with Crippen molar-refractivity contribution in [2.24, 2.45) is 5.16 Å². The third kappa shape index (κ3) is 4.21. The van der Waals surface area contributed by atoms with E-state index in [0.29, 0.717) is 18.4 Å². The molecule has 0 radical (unpaired) electrons. The Morgan fingerprint density at radius 2 is 2.44 bits per heavy atom. The van der Waals surface area contributed by atoms with Crippen molar-refractivity contribution in [3.05, 3.63) is 0 Å². The summed E-state index contributed by atoms with van der Waals surface area (Å²) in [7, 11) is 0. The van der Waals surface area contributed by atoms with E-state index in [0.717, 1.165) is 19.5 Å². The SMILES string of the molecule is CC#C/C(C)=N\OC[C@@H]1CCCN1CCO. The maximum atomic E-state index is 8.90. The second-order valence-electron chi connectivity index (χ2n) is 3.90. The number of rotatable bonds is 5. The summed E-state index contributed by atoms with van der Waals surface area (Å²) in [6, 6.07) is 0.387. The van der Waals surface area contributed by atoms with Crippen molar-refractivity contribution in [2.45, 2.75) is 32.7 Å². The van der Waals surface area contributed by atoms with E-state index >= 15 is 0 Å². The molecule has 0 unspecified atom stereocenters. The molecule has 1 fully saturated rings. The number of hydrogen-bond acceptors (Lipinski definition) is 4. The molecule has 1 atom stereocenters. The second-order valence-corrected chi connectivity index (χ2v) is 3.90. The van der Waals surface area contributed by atoms with E-state index in [1.807, 2.05) is 6.92 Å². The highest BCUT2D eigenvalue weighted by Crippen LogP contribution is 2.16. The first-order valence-electron chi connectivity index (χ1n) is 5.72. The lowest BCUT2D eigenvalue weighted by molar-refractivity contribution is 0.0746. The number of aliphatic hydroxyl groups is 1. The topological polar surface area (TPSA) is 45.1 Å². The van der Waals surface area contributed by atoms with E-state index in [2.05, 4.69) is 21.9 Å². The Kier molecular flexibility index (Phi) is 5.91. The van der Waals surface area contributed by atoms with Gasteiger partial charge < -0.3 is 9.94 Å². The Labute approximate surface area is 97.3 Å². The lowest BCUT2D eigenvalue weighted by Gasteiger charge is -2.21. The molecule has 16 heavy (non-hydrogen) atoms. The zero-order chi connectivity index (χ0) is 11.8. The van der Waals surface area contributed by atoms with Crippen LogP contribution >= 0.6 is 0 Å². The molecule has 1 N–H and O–H groups in total. The molecule has 1 heterocycles. The Hall–Kier alpha value is -1.05. The Morgan fingerprint density at radius 1 is 1.62 bits per heavy atom. The van der Waals surface area contributed by atoms with Crippen LogP contribution in [0.25, 0.3) is 0 Å². The van der Waals surface area contributed by atoms with Crippen LogP contribution in [0.4, 0.5) is 0 Å². The van der Waals surface area contributed by atoms with Gasteiger partial charge in [0.2, 0.25) is 0 Å². The highest BCUT2D eigenvalue weighted by molar-refractivity contribution is 5.97. The number of oxime groups is 1. The number of β-amino-alcohol motifs (C(OH)–C–C–N with tert-alkyl or cyclic N) is 1. The zero-order valence-corrected chi connectivity index (χ0v) is 10.1. The van der Waals surface area contributed by atoms with Crippen molar-refractivity contribution in [2.75, 3.05) is 26.3 Å². The molecule has 4 nitrogen and oxygen atoms in total. The van der Waals surface area contributed by atoms with E-state index in [4.69, 9.17) is 9.94 Å². The molecule has 90 valence electrons. The summed E-state index contributed by atoms with van der Waals surface area (Å²) in [5, 5.41) is 12.8. The Balaban J connectivity index is 2.30. The number of aliphatic hydroxyl groups excluding tert-OH is 1. The van der Waals surface area contributed by atoms with Gasteiger partial charge in [-0.15, -0.1) is 0 Å². The minimum atomic E-state index is 0.208. The third-order valence-electron chi connectivity index (χ3n) is 2.66. The molecule has 0 aromatic carbocycles. The van der Waals surface area contributed by atoms with Gasteiger partial charge in [-0.1, -0.05) is 11.1 Å². The highest BCUT2D eigenvalue weighted by atomic mass is 16.6. The normalized spacial score (nSPS) is 21.7. The van der Waals surface area contributed by atoms with Crippen LogP contribution in [0, 0.1) is 11.8 Å². The van der Waals surface area contributed by atoms with E-state index in [1.54, 1.807) is 6.92 Å². The van der Waals surface area contributed by atoms with Gasteiger partial charge in [0.15, 0.2) is 0 Å². The van der Waals surface area contributed by atoms with Crippen LogP contribution in [-0.2, 0) is 4.84 Å². The van der Waals surface area contributed by atoms with Crippen LogP contribution in [0.3, 0.4) is 0 Å². The molecule has 1 rings (SSSR count). The second kappa shape index (κ2) is 7.26. The molecule has 0 aromatic rings. The van der Waals surface area contributed by atoms with E-state index in [9.17, 15) is 0 Å². The molecular formula is C12H20N2O2. The van der Waals surface area contributed by atoms with Crippen molar-refractivity contribution in [1.29, 1.82) is 0 Å². The van der Waals surface area contributed by atoms with Crippen molar-refractivity contribution >= 4 is 5.71 Å². The minimum absolute atomic E-state index is 0.208. The largest absolute Gasteiger partial charge is 0.395 e. The van der Waals surface area contributed by atoms with Crippen molar-refractivity contribution in [3.63, 3.8) is 0 Å². The fraction of sp³-hybridized carbons (Fsp3) is 0.750. The molecule has 1 aliphatic heterocycles.